The van der Waals surface area contributed by atoms with Crippen LogP contribution in [-0.2, 0) is 19.8 Å². The molecule has 0 aliphatic rings. The second kappa shape index (κ2) is 16.7. The minimum atomic E-state index is -0.657. The molecule has 10 nitrogen and oxygen atoms in total. The van der Waals surface area contributed by atoms with Crippen LogP contribution in [0, 0.1) is 11.6 Å². The number of aromatic nitrogens is 4. The molecule has 252 valence electrons. The lowest BCUT2D eigenvalue weighted by Gasteiger charge is -2.12. The van der Waals surface area contributed by atoms with Crippen molar-refractivity contribution in [2.75, 3.05) is 14.2 Å². The van der Waals surface area contributed by atoms with Crippen molar-refractivity contribution in [2.45, 2.75) is 41.5 Å². The number of aldehydes is 2. The van der Waals surface area contributed by atoms with Crippen molar-refractivity contribution in [3.05, 3.63) is 107 Å². The summed E-state index contributed by atoms with van der Waals surface area (Å²) in [6, 6.07) is 20.3. The zero-order valence-corrected chi connectivity index (χ0v) is 25.3. The molecular formula is C36H38F2N4O6. The van der Waals surface area contributed by atoms with E-state index in [2.05, 4.69) is 15.0 Å². The fraction of sp³-hybridized carbons (Fsp3) is 0.222. The molecule has 0 fully saturated rings. The van der Waals surface area contributed by atoms with Crippen LogP contribution >= 0.6 is 0 Å². The van der Waals surface area contributed by atoms with Crippen LogP contribution < -0.4 is 18.9 Å². The molecule has 0 saturated heterocycles. The Morgan fingerprint density at radius 3 is 1.81 bits per heavy atom. The fourth-order valence-electron chi connectivity index (χ4n) is 4.78. The molecule has 48 heavy (non-hydrogen) atoms. The number of ether oxygens (including phenoxy) is 4. The van der Waals surface area contributed by atoms with Crippen molar-refractivity contribution >= 4 is 34.6 Å². The number of carbonyl (C=O) groups excluding carboxylic acids is 2. The standard InChI is InChI=1S/C18H17FN2O3.C16H13FN2O3.2CH4/c1-3-21-15-7-5-4-6-14(15)20-18(21)11-24-17-9-13(19)12(10-22)8-16(17)23-2;1-21-14-6-10(8-20)11(17)7-15(14)22-9-16-18-12-4-2-3-5-13(12)19-16;;/h4-10H,3,11H2,1-2H3;2-8H,9H2,1H3,(H,18,19);2*1H4. The Morgan fingerprint density at radius 2 is 1.27 bits per heavy atom. The molecule has 0 atom stereocenters. The van der Waals surface area contributed by atoms with Crippen LogP contribution in [0.1, 0.15) is 54.1 Å². The molecule has 0 saturated carbocycles. The van der Waals surface area contributed by atoms with E-state index in [1.54, 1.807) is 0 Å². The minimum Gasteiger partial charge on any atom is -0.493 e. The molecule has 0 bridgehead atoms. The lowest BCUT2D eigenvalue weighted by atomic mass is 10.2. The van der Waals surface area contributed by atoms with Gasteiger partial charge in [-0.1, -0.05) is 39.1 Å². The summed E-state index contributed by atoms with van der Waals surface area (Å²) in [5, 5.41) is 0. The summed E-state index contributed by atoms with van der Waals surface area (Å²) in [7, 11) is 2.87. The number of hydrogen-bond acceptors (Lipinski definition) is 8. The summed E-state index contributed by atoms with van der Waals surface area (Å²) in [6.07, 6.45) is 0.874. The lowest BCUT2D eigenvalue weighted by molar-refractivity contribution is 0.111. The monoisotopic (exact) mass is 660 g/mol. The van der Waals surface area contributed by atoms with E-state index in [4.69, 9.17) is 18.9 Å². The first-order valence-corrected chi connectivity index (χ1v) is 14.2. The van der Waals surface area contributed by atoms with Crippen LogP contribution in [0.25, 0.3) is 22.1 Å². The maximum Gasteiger partial charge on any atom is 0.164 e. The maximum absolute atomic E-state index is 13.8. The Kier molecular flexibility index (Phi) is 12.8. The molecule has 0 spiro atoms. The zero-order valence-electron chi connectivity index (χ0n) is 25.3. The molecule has 4 aromatic carbocycles. The summed E-state index contributed by atoms with van der Waals surface area (Å²) >= 11 is 0. The van der Waals surface area contributed by atoms with Gasteiger partial charge in [-0.25, -0.2) is 18.7 Å². The summed E-state index contributed by atoms with van der Waals surface area (Å²) in [5.41, 5.74) is 3.49. The third-order valence-corrected chi connectivity index (χ3v) is 7.03. The summed E-state index contributed by atoms with van der Waals surface area (Å²) in [6.45, 7) is 3.06. The highest BCUT2D eigenvalue weighted by molar-refractivity contribution is 5.78. The van der Waals surface area contributed by atoms with E-state index in [1.807, 2.05) is 60.0 Å². The third kappa shape index (κ3) is 7.95. The number of halogens is 2. The first-order valence-electron chi connectivity index (χ1n) is 14.2. The van der Waals surface area contributed by atoms with Crippen molar-refractivity contribution in [1.29, 1.82) is 0 Å². The topological polar surface area (TPSA) is 118 Å². The van der Waals surface area contributed by atoms with E-state index >= 15 is 0 Å². The Morgan fingerprint density at radius 1 is 0.729 bits per heavy atom. The van der Waals surface area contributed by atoms with Gasteiger partial charge in [0.25, 0.3) is 0 Å². The van der Waals surface area contributed by atoms with Crippen LogP contribution in [0.4, 0.5) is 8.78 Å². The number of fused-ring (bicyclic) bond motifs is 2. The van der Waals surface area contributed by atoms with Crippen LogP contribution in [0.5, 0.6) is 23.0 Å². The average Bonchev–Trinajstić information content (AvgIpc) is 3.67. The van der Waals surface area contributed by atoms with Crippen LogP contribution in [0.3, 0.4) is 0 Å². The van der Waals surface area contributed by atoms with Crippen molar-refractivity contribution in [1.82, 2.24) is 19.5 Å². The molecule has 0 aliphatic heterocycles. The van der Waals surface area contributed by atoms with Gasteiger partial charge in [0.05, 0.1) is 47.4 Å². The van der Waals surface area contributed by atoms with E-state index in [1.165, 1.54) is 26.4 Å². The highest BCUT2D eigenvalue weighted by Crippen LogP contribution is 2.31. The van der Waals surface area contributed by atoms with Gasteiger partial charge in [0.2, 0.25) is 0 Å². The molecule has 0 amide bonds. The van der Waals surface area contributed by atoms with Gasteiger partial charge in [0.1, 0.15) is 36.5 Å². The summed E-state index contributed by atoms with van der Waals surface area (Å²) < 4.78 is 51.1. The normalized spacial score (nSPS) is 10.3. The number of benzene rings is 4. The zero-order chi connectivity index (χ0) is 32.6. The highest BCUT2D eigenvalue weighted by atomic mass is 19.1. The smallest absolute Gasteiger partial charge is 0.164 e. The molecule has 0 unspecified atom stereocenters. The van der Waals surface area contributed by atoms with Gasteiger partial charge < -0.3 is 28.5 Å². The number of hydrogen-bond donors (Lipinski definition) is 1. The predicted octanol–water partition coefficient (Wildman–Crippen LogP) is 7.97. The van der Waals surface area contributed by atoms with Gasteiger partial charge in [-0.15, -0.1) is 0 Å². The largest absolute Gasteiger partial charge is 0.493 e. The average molecular weight is 661 g/mol. The highest BCUT2D eigenvalue weighted by Gasteiger charge is 2.15. The number of nitrogens with zero attached hydrogens (tertiary/aromatic N) is 3. The SMILES string of the molecule is C.C.CCn1c(COc2cc(F)c(C=O)cc2OC)nc2ccccc21.COc1cc(C=O)c(F)cc1OCc1nc2ccccc2[nH]1. The molecule has 1 N–H and O–H groups in total. The fourth-order valence-corrected chi connectivity index (χ4v) is 4.78. The van der Waals surface area contributed by atoms with Crippen LogP contribution in [-0.4, -0.2) is 46.3 Å². The number of rotatable bonds is 11. The van der Waals surface area contributed by atoms with E-state index in [9.17, 15) is 18.4 Å². The quantitative estimate of drug-likeness (QED) is 0.139. The molecule has 0 radical (unpaired) electrons. The van der Waals surface area contributed by atoms with Gasteiger partial charge in [0.15, 0.2) is 35.6 Å². The summed E-state index contributed by atoms with van der Waals surface area (Å²) in [5.74, 6) is 1.09. The van der Waals surface area contributed by atoms with E-state index in [0.717, 1.165) is 46.6 Å². The molecule has 0 aliphatic carbocycles. The van der Waals surface area contributed by atoms with Gasteiger partial charge in [-0.05, 0) is 43.3 Å². The summed E-state index contributed by atoms with van der Waals surface area (Å²) in [4.78, 5) is 33.6. The van der Waals surface area contributed by atoms with E-state index < -0.39 is 11.6 Å². The first kappa shape index (κ1) is 36.7. The maximum atomic E-state index is 13.8. The predicted molar refractivity (Wildman–Crippen MR) is 180 cm³/mol. The molecule has 6 rings (SSSR count). The Balaban J connectivity index is 0.000000251. The van der Waals surface area contributed by atoms with Crippen molar-refractivity contribution in [2.24, 2.45) is 0 Å². The number of methoxy groups -OCH3 is 2. The van der Waals surface area contributed by atoms with Crippen LogP contribution in [0.2, 0.25) is 0 Å². The molecular weight excluding hydrogens is 622 g/mol. The first-order chi connectivity index (χ1) is 22.4. The molecule has 2 aromatic heterocycles. The van der Waals surface area contributed by atoms with Crippen LogP contribution in [0.15, 0.2) is 72.8 Å². The van der Waals surface area contributed by atoms with Crippen molar-refractivity contribution in [3.63, 3.8) is 0 Å². The molecule has 2 heterocycles. The third-order valence-electron chi connectivity index (χ3n) is 7.03. The Labute approximate surface area is 277 Å². The van der Waals surface area contributed by atoms with Crippen molar-refractivity contribution < 1.29 is 37.3 Å². The van der Waals surface area contributed by atoms with Gasteiger partial charge >= 0.3 is 0 Å². The second-order valence-electron chi connectivity index (χ2n) is 9.82. The van der Waals surface area contributed by atoms with E-state index in [-0.39, 0.29) is 50.7 Å². The van der Waals surface area contributed by atoms with E-state index in [0.29, 0.717) is 29.9 Å². The molecule has 6 aromatic rings. The van der Waals surface area contributed by atoms with Gasteiger partial charge in [-0.2, -0.15) is 0 Å². The number of nitrogens with one attached hydrogen (secondary N) is 1. The lowest BCUT2D eigenvalue weighted by Crippen LogP contribution is -2.07. The number of aryl methyl sites for hydroxylation is 1. The number of para-hydroxylation sites is 4. The Hall–Kier alpha value is -5.78. The Bertz CT molecular complexity index is 1970. The molecule has 12 heteroatoms. The minimum absolute atomic E-state index is 0. The number of H-pyrrole nitrogens is 1. The second-order valence-corrected chi connectivity index (χ2v) is 9.82. The van der Waals surface area contributed by atoms with Gasteiger partial charge in [0, 0.05) is 18.7 Å². The number of imidazole rings is 2. The number of carbonyl (C=O) groups is 2. The number of aromatic amines is 1. The van der Waals surface area contributed by atoms with Gasteiger partial charge in [-0.3, -0.25) is 9.59 Å². The van der Waals surface area contributed by atoms with Crippen molar-refractivity contribution in [3.8, 4) is 23.0 Å².